The monoisotopic (exact) mass is 463 g/mol. The second kappa shape index (κ2) is 8.96. The zero-order chi connectivity index (χ0) is 22.9. The molecule has 1 amide bonds. The highest BCUT2D eigenvalue weighted by Gasteiger charge is 2.42. The summed E-state index contributed by atoms with van der Waals surface area (Å²) in [5.41, 5.74) is 0.154. The first kappa shape index (κ1) is 22.4. The molecule has 0 N–H and O–H groups in total. The van der Waals surface area contributed by atoms with Gasteiger partial charge in [-0.15, -0.1) is 0 Å². The number of amides is 1. The fraction of sp³-hybridized carbons (Fsp3) is 0.304. The van der Waals surface area contributed by atoms with Crippen LogP contribution in [0.5, 0.6) is 0 Å². The maximum atomic E-state index is 14.3. The molecule has 0 aliphatic carbocycles. The molecule has 32 heavy (non-hydrogen) atoms. The molecule has 0 unspecified atom stereocenters. The number of carbonyl (C=O) groups is 1. The van der Waals surface area contributed by atoms with E-state index in [1.165, 1.54) is 24.1 Å². The minimum Gasteiger partial charge on any atom is -0.378 e. The molecule has 0 bridgehead atoms. The van der Waals surface area contributed by atoms with Gasteiger partial charge >= 0.3 is 6.18 Å². The van der Waals surface area contributed by atoms with Crippen LogP contribution in [-0.2, 0) is 17.5 Å². The van der Waals surface area contributed by atoms with Gasteiger partial charge in [-0.25, -0.2) is 0 Å². The van der Waals surface area contributed by atoms with Crippen molar-refractivity contribution in [1.29, 1.82) is 0 Å². The number of morpholine rings is 1. The quantitative estimate of drug-likeness (QED) is 0.544. The summed E-state index contributed by atoms with van der Waals surface area (Å²) in [6, 6.07) is 11.9. The summed E-state index contributed by atoms with van der Waals surface area (Å²) in [4.78, 5) is 19.4. The number of rotatable bonds is 4. The Morgan fingerprint density at radius 1 is 1.12 bits per heavy atom. The van der Waals surface area contributed by atoms with Gasteiger partial charge < -0.3 is 14.2 Å². The normalized spacial score (nSPS) is 14.6. The fourth-order valence-electron chi connectivity index (χ4n) is 4.01. The van der Waals surface area contributed by atoms with Crippen LogP contribution in [0.4, 0.5) is 13.2 Å². The van der Waals surface area contributed by atoms with Crippen LogP contribution in [0.25, 0.3) is 11.3 Å². The van der Waals surface area contributed by atoms with Crippen LogP contribution in [-0.4, -0.2) is 46.7 Å². The van der Waals surface area contributed by atoms with Crippen molar-refractivity contribution in [3.8, 4) is 11.3 Å². The molecule has 0 spiro atoms. The van der Waals surface area contributed by atoms with Crippen molar-refractivity contribution >= 4 is 17.5 Å². The standard InChI is InChI=1S/C23H21ClF3N3O2/c1-15-19(18-8-7-17(24)13-28-18)20(22(31)29-9-11-32-12-10-29)30(21(15)23(25,26)27)14-16-5-3-2-4-6-16/h2-8,13H,9-12,14H2,1H3. The summed E-state index contributed by atoms with van der Waals surface area (Å²) in [5, 5.41) is 0.354. The summed E-state index contributed by atoms with van der Waals surface area (Å²) in [7, 11) is 0. The van der Waals surface area contributed by atoms with Gasteiger partial charge in [0.15, 0.2) is 0 Å². The Labute approximate surface area is 188 Å². The first-order valence-electron chi connectivity index (χ1n) is 10.1. The molecule has 5 nitrogen and oxygen atoms in total. The van der Waals surface area contributed by atoms with Gasteiger partial charge in [0.05, 0.1) is 23.9 Å². The van der Waals surface area contributed by atoms with Crippen molar-refractivity contribution in [3.63, 3.8) is 0 Å². The Kier molecular flexibility index (Phi) is 6.26. The topological polar surface area (TPSA) is 47.4 Å². The van der Waals surface area contributed by atoms with E-state index in [0.717, 1.165) is 4.57 Å². The molecule has 3 heterocycles. The summed E-state index contributed by atoms with van der Waals surface area (Å²) < 4.78 is 49.2. The van der Waals surface area contributed by atoms with E-state index in [2.05, 4.69) is 4.98 Å². The molecule has 4 rings (SSSR count). The molecule has 0 saturated carbocycles. The maximum Gasteiger partial charge on any atom is 0.431 e. The zero-order valence-corrected chi connectivity index (χ0v) is 18.1. The number of alkyl halides is 3. The highest BCUT2D eigenvalue weighted by Crippen LogP contribution is 2.41. The van der Waals surface area contributed by atoms with Gasteiger partial charge in [0, 0.05) is 31.4 Å². The van der Waals surface area contributed by atoms with Gasteiger partial charge in [-0.1, -0.05) is 41.9 Å². The van der Waals surface area contributed by atoms with E-state index in [0.29, 0.717) is 36.9 Å². The van der Waals surface area contributed by atoms with E-state index < -0.39 is 17.8 Å². The van der Waals surface area contributed by atoms with E-state index >= 15 is 0 Å². The highest BCUT2D eigenvalue weighted by atomic mass is 35.5. The van der Waals surface area contributed by atoms with E-state index in [1.54, 1.807) is 36.4 Å². The Bertz CT molecular complexity index is 1110. The van der Waals surface area contributed by atoms with Crippen molar-refractivity contribution in [2.24, 2.45) is 0 Å². The van der Waals surface area contributed by atoms with Gasteiger partial charge in [-0.2, -0.15) is 13.2 Å². The number of benzene rings is 1. The minimum absolute atomic E-state index is 0.0320. The molecule has 1 aromatic carbocycles. The molecular weight excluding hydrogens is 443 g/mol. The van der Waals surface area contributed by atoms with Crippen LogP contribution in [0.15, 0.2) is 48.7 Å². The van der Waals surface area contributed by atoms with Crippen LogP contribution < -0.4 is 0 Å². The van der Waals surface area contributed by atoms with Crippen LogP contribution >= 0.6 is 11.6 Å². The van der Waals surface area contributed by atoms with Crippen molar-refractivity contribution in [2.75, 3.05) is 26.3 Å². The maximum absolute atomic E-state index is 14.3. The number of nitrogens with zero attached hydrogens (tertiary/aromatic N) is 3. The molecule has 2 aromatic heterocycles. The molecule has 9 heteroatoms. The number of carbonyl (C=O) groups excluding carboxylic acids is 1. The lowest BCUT2D eigenvalue weighted by Gasteiger charge is -2.28. The summed E-state index contributed by atoms with van der Waals surface area (Å²) >= 11 is 5.94. The first-order valence-corrected chi connectivity index (χ1v) is 10.5. The van der Waals surface area contributed by atoms with E-state index in [1.807, 2.05) is 0 Å². The lowest BCUT2D eigenvalue weighted by atomic mass is 10.0. The summed E-state index contributed by atoms with van der Waals surface area (Å²) in [5.74, 6) is -0.477. The molecule has 1 aliphatic rings. The van der Waals surface area contributed by atoms with E-state index in [4.69, 9.17) is 16.3 Å². The Balaban J connectivity index is 1.97. The van der Waals surface area contributed by atoms with Gasteiger partial charge in [-0.05, 0) is 30.2 Å². The smallest absolute Gasteiger partial charge is 0.378 e. The predicted molar refractivity (Wildman–Crippen MR) is 115 cm³/mol. The summed E-state index contributed by atoms with van der Waals surface area (Å²) in [6.07, 6.45) is -3.30. The fourth-order valence-corrected chi connectivity index (χ4v) is 4.12. The zero-order valence-electron chi connectivity index (χ0n) is 17.3. The van der Waals surface area contributed by atoms with Crippen LogP contribution in [0.2, 0.25) is 5.02 Å². The van der Waals surface area contributed by atoms with Gasteiger partial charge in [0.2, 0.25) is 0 Å². The molecule has 0 radical (unpaired) electrons. The Hall–Kier alpha value is -2.84. The largest absolute Gasteiger partial charge is 0.431 e. The molecule has 0 atom stereocenters. The van der Waals surface area contributed by atoms with E-state index in [-0.39, 0.29) is 29.1 Å². The van der Waals surface area contributed by atoms with Crippen molar-refractivity contribution in [1.82, 2.24) is 14.5 Å². The first-order chi connectivity index (χ1) is 15.3. The Morgan fingerprint density at radius 2 is 1.81 bits per heavy atom. The Morgan fingerprint density at radius 3 is 2.41 bits per heavy atom. The molecule has 1 aliphatic heterocycles. The summed E-state index contributed by atoms with van der Waals surface area (Å²) in [6.45, 7) is 2.57. The molecular formula is C23H21ClF3N3O2. The third-order valence-corrected chi connectivity index (χ3v) is 5.67. The average molecular weight is 464 g/mol. The van der Waals surface area contributed by atoms with E-state index in [9.17, 15) is 18.0 Å². The number of hydrogen-bond donors (Lipinski definition) is 0. The molecule has 1 saturated heterocycles. The SMILES string of the molecule is Cc1c(-c2ccc(Cl)cn2)c(C(=O)N2CCOCC2)n(Cc2ccccc2)c1C(F)(F)F. The second-order valence-corrected chi connectivity index (χ2v) is 7.97. The third-order valence-electron chi connectivity index (χ3n) is 5.44. The lowest BCUT2D eigenvalue weighted by Crippen LogP contribution is -2.41. The number of hydrogen-bond acceptors (Lipinski definition) is 3. The van der Waals surface area contributed by atoms with Crippen molar-refractivity contribution in [2.45, 2.75) is 19.6 Å². The number of pyridine rings is 1. The predicted octanol–water partition coefficient (Wildman–Crippen LogP) is 5.05. The third kappa shape index (κ3) is 4.38. The molecule has 3 aromatic rings. The van der Waals surface area contributed by atoms with Crippen LogP contribution in [0.3, 0.4) is 0 Å². The minimum atomic E-state index is -4.66. The van der Waals surface area contributed by atoms with Crippen LogP contribution in [0.1, 0.15) is 27.3 Å². The highest BCUT2D eigenvalue weighted by molar-refractivity contribution is 6.30. The second-order valence-electron chi connectivity index (χ2n) is 7.53. The average Bonchev–Trinajstić information content (AvgIpc) is 3.07. The number of halogens is 4. The van der Waals surface area contributed by atoms with Crippen molar-refractivity contribution in [3.05, 3.63) is 76.2 Å². The number of aromatic nitrogens is 2. The molecule has 1 fully saturated rings. The van der Waals surface area contributed by atoms with Crippen LogP contribution in [0, 0.1) is 6.92 Å². The van der Waals surface area contributed by atoms with Gasteiger partial charge in [0.25, 0.3) is 5.91 Å². The van der Waals surface area contributed by atoms with Gasteiger partial charge in [0.1, 0.15) is 11.4 Å². The lowest BCUT2D eigenvalue weighted by molar-refractivity contribution is -0.143. The van der Waals surface area contributed by atoms with Crippen molar-refractivity contribution < 1.29 is 22.7 Å². The molecule has 168 valence electrons. The number of ether oxygens (including phenoxy) is 1. The van der Waals surface area contributed by atoms with Gasteiger partial charge in [-0.3, -0.25) is 9.78 Å².